The van der Waals surface area contributed by atoms with Gasteiger partial charge in [-0.25, -0.2) is 14.4 Å². The quantitative estimate of drug-likeness (QED) is 0.0907. The summed E-state index contributed by atoms with van der Waals surface area (Å²) in [5, 5.41) is 27.9. The van der Waals surface area contributed by atoms with Crippen LogP contribution in [0.1, 0.15) is 114 Å². The van der Waals surface area contributed by atoms with E-state index in [9.17, 15) is 14.4 Å². The Balaban J connectivity index is 0.000000160. The van der Waals surface area contributed by atoms with Crippen LogP contribution in [0.5, 0.6) is 0 Å². The number of nitrogens with zero attached hydrogens (tertiary/aromatic N) is 8. The minimum atomic E-state index is -0.473. The molecule has 9 rings (SSSR count). The van der Waals surface area contributed by atoms with Crippen LogP contribution in [0, 0.1) is 0 Å². The molecule has 4 amide bonds. The molecule has 68 heavy (non-hydrogen) atoms. The van der Waals surface area contributed by atoms with Crippen molar-refractivity contribution in [2.24, 2.45) is 0 Å². The summed E-state index contributed by atoms with van der Waals surface area (Å²) in [6, 6.07) is 7.11. The predicted octanol–water partition coefficient (Wildman–Crippen LogP) is 9.40. The molecule has 21 heteroatoms. The van der Waals surface area contributed by atoms with Crippen molar-refractivity contribution in [2.45, 2.75) is 130 Å². The molecule has 2 saturated heterocycles. The maximum Gasteiger partial charge on any atom is 0.410 e. The summed E-state index contributed by atoms with van der Waals surface area (Å²) in [4.78, 5) is 46.6. The molecule has 0 bridgehead atoms. The largest absolute Gasteiger partial charge is 0.444 e. The zero-order valence-corrected chi connectivity index (χ0v) is 44.4. The molecule has 8 heterocycles. The van der Waals surface area contributed by atoms with Gasteiger partial charge in [0.2, 0.25) is 0 Å². The third-order valence-corrected chi connectivity index (χ3v) is 13.1. The lowest BCUT2D eigenvalue weighted by molar-refractivity contribution is 0.0213. The van der Waals surface area contributed by atoms with Gasteiger partial charge in [-0.3, -0.25) is 15.3 Å². The number of benzene rings is 1. The SMILES string of the molecule is BrCCCCBr.CC(C)(C)OC(=O)N1CCc2[nH]nc(N)c2C1.CC(C)(C)OC(=O)N1CCc2[nH]nc(N3CCCC3)c2C1.O=C(Nc1cccc(Cl)c1)N1CCc2[nH]nc(N3CCCC3)c2C1. The summed E-state index contributed by atoms with van der Waals surface area (Å²) in [5.74, 6) is 2.51. The Morgan fingerprint density at radius 1 is 0.662 bits per heavy atom. The van der Waals surface area contributed by atoms with Crippen molar-refractivity contribution in [2.75, 3.05) is 77.3 Å². The number of alkyl halides is 2. The van der Waals surface area contributed by atoms with Gasteiger partial charge < -0.3 is 45.0 Å². The lowest BCUT2D eigenvalue weighted by atomic mass is 10.1. The number of hydrogen-bond donors (Lipinski definition) is 5. The number of urea groups is 1. The first-order valence-corrected chi connectivity index (χ1v) is 26.4. The van der Waals surface area contributed by atoms with Crippen LogP contribution in [-0.2, 0) is 48.4 Å². The Bertz CT molecular complexity index is 2270. The molecule has 0 radical (unpaired) electrons. The van der Waals surface area contributed by atoms with Gasteiger partial charge in [0.05, 0.1) is 19.6 Å². The van der Waals surface area contributed by atoms with Crippen LogP contribution >= 0.6 is 43.5 Å². The number of aromatic nitrogens is 6. The van der Waals surface area contributed by atoms with Crippen molar-refractivity contribution in [1.29, 1.82) is 0 Å². The number of carbonyl (C=O) groups excluding carboxylic acids is 3. The molecule has 6 N–H and O–H groups in total. The Morgan fingerprint density at radius 3 is 1.54 bits per heavy atom. The number of unbranched alkanes of at least 4 members (excludes halogenated alkanes) is 1. The molecule has 3 aromatic heterocycles. The van der Waals surface area contributed by atoms with Gasteiger partial charge in [-0.05, 0) is 98.3 Å². The van der Waals surface area contributed by atoms with E-state index in [0.717, 1.165) is 102 Å². The molecule has 2 fully saturated rings. The first kappa shape index (κ1) is 52.7. The number of rotatable bonds is 6. The van der Waals surface area contributed by atoms with Crippen LogP contribution < -0.4 is 20.9 Å². The first-order chi connectivity index (χ1) is 32.4. The summed E-state index contributed by atoms with van der Waals surface area (Å²) in [7, 11) is 0. The number of nitrogens with one attached hydrogen (secondary N) is 4. The molecule has 18 nitrogen and oxygen atoms in total. The van der Waals surface area contributed by atoms with Crippen LogP contribution in [-0.4, -0.2) is 131 Å². The standard InChI is InChI=1S/C17H20ClN5O.C15H24N4O2.C11H18N4O2.C4H8Br2/c18-12-4-3-5-13(10-12)19-17(24)23-9-6-15-14(11-23)16(21-20-15)22-7-1-2-8-22;1-15(2,3)21-14(20)19-9-6-12-11(10-19)13(17-16-12)18-7-4-5-8-18;1-11(2,3)17-10(16)15-5-4-8-7(6-15)9(12)14-13-8;5-3-1-2-4-6/h3-5,10H,1-2,6-9,11H2,(H,19,24)(H,20,21);4-10H2,1-3H3,(H,16,17);4-6H2,1-3H3,(H3,12,13,14);1-4H2. The van der Waals surface area contributed by atoms with Crippen molar-refractivity contribution in [3.63, 3.8) is 0 Å². The highest BCUT2D eigenvalue weighted by Crippen LogP contribution is 2.31. The first-order valence-electron chi connectivity index (χ1n) is 23.8. The number of H-pyrrole nitrogens is 3. The average molecular weight is 1090 g/mol. The van der Waals surface area contributed by atoms with Crippen LogP contribution in [0.15, 0.2) is 24.3 Å². The molecule has 1 aromatic carbocycles. The normalized spacial score (nSPS) is 16.5. The third kappa shape index (κ3) is 14.9. The number of aromatic amines is 3. The molecule has 5 aliphatic rings. The van der Waals surface area contributed by atoms with E-state index in [1.165, 1.54) is 38.5 Å². The monoisotopic (exact) mass is 1090 g/mol. The van der Waals surface area contributed by atoms with E-state index in [2.05, 4.69) is 77.6 Å². The summed E-state index contributed by atoms with van der Waals surface area (Å²) in [6.07, 6.45) is 9.24. The molecule has 0 saturated carbocycles. The lowest BCUT2D eigenvalue weighted by Crippen LogP contribution is -2.40. The van der Waals surface area contributed by atoms with Crippen LogP contribution in [0.2, 0.25) is 5.02 Å². The van der Waals surface area contributed by atoms with Crippen molar-refractivity contribution in [1.82, 2.24) is 45.3 Å². The molecule has 0 atom stereocenters. The third-order valence-electron chi connectivity index (χ3n) is 11.8. The molecule has 0 spiro atoms. The van der Waals surface area contributed by atoms with Crippen molar-refractivity contribution in [3.05, 3.63) is 63.1 Å². The summed E-state index contributed by atoms with van der Waals surface area (Å²) in [5.41, 5.74) is 12.1. The zero-order valence-electron chi connectivity index (χ0n) is 40.5. The van der Waals surface area contributed by atoms with Gasteiger partial charge in [0, 0.05) is 120 Å². The molecule has 4 aromatic rings. The summed E-state index contributed by atoms with van der Waals surface area (Å²) in [6.45, 7) is 19.1. The number of fused-ring (bicyclic) bond motifs is 3. The van der Waals surface area contributed by atoms with E-state index in [0.29, 0.717) is 55.8 Å². The molecule has 374 valence electrons. The van der Waals surface area contributed by atoms with Crippen LogP contribution in [0.25, 0.3) is 0 Å². The Kier molecular flexibility index (Phi) is 18.8. The number of nitrogens with two attached hydrogens (primary N) is 1. The van der Waals surface area contributed by atoms with Gasteiger partial charge in [0.15, 0.2) is 11.6 Å². The molecule has 0 aliphatic carbocycles. The van der Waals surface area contributed by atoms with E-state index in [1.807, 2.05) is 58.6 Å². The summed E-state index contributed by atoms with van der Waals surface area (Å²) < 4.78 is 10.8. The van der Waals surface area contributed by atoms with E-state index < -0.39 is 11.2 Å². The number of anilines is 4. The second kappa shape index (κ2) is 24.2. The van der Waals surface area contributed by atoms with Gasteiger partial charge in [0.1, 0.15) is 17.0 Å². The molecule has 0 unspecified atom stereocenters. The van der Waals surface area contributed by atoms with Crippen LogP contribution in [0.4, 0.5) is 37.5 Å². The smallest absolute Gasteiger partial charge is 0.410 e. The second-order valence-corrected chi connectivity index (χ2v) is 21.5. The van der Waals surface area contributed by atoms with Crippen LogP contribution in [0.3, 0.4) is 0 Å². The van der Waals surface area contributed by atoms with Crippen molar-refractivity contribution >= 4 is 84.8 Å². The number of nitrogen functional groups attached to an aromatic ring is 1. The van der Waals surface area contributed by atoms with E-state index in [4.69, 9.17) is 26.8 Å². The van der Waals surface area contributed by atoms with Crippen molar-refractivity contribution < 1.29 is 23.9 Å². The van der Waals surface area contributed by atoms with Gasteiger partial charge in [0.25, 0.3) is 0 Å². The lowest BCUT2D eigenvalue weighted by Gasteiger charge is -2.30. The zero-order chi connectivity index (χ0) is 49.0. The van der Waals surface area contributed by atoms with Crippen molar-refractivity contribution in [3.8, 4) is 0 Å². The van der Waals surface area contributed by atoms with E-state index >= 15 is 0 Å². The van der Waals surface area contributed by atoms with Gasteiger partial charge >= 0.3 is 18.2 Å². The van der Waals surface area contributed by atoms with E-state index in [-0.39, 0.29) is 18.2 Å². The second-order valence-electron chi connectivity index (χ2n) is 19.5. The van der Waals surface area contributed by atoms with E-state index in [1.54, 1.807) is 21.9 Å². The fraction of sp³-hybridized carbons (Fsp3) is 0.617. The highest BCUT2D eigenvalue weighted by molar-refractivity contribution is 9.09. The van der Waals surface area contributed by atoms with Gasteiger partial charge in [-0.15, -0.1) is 0 Å². The highest BCUT2D eigenvalue weighted by Gasteiger charge is 2.32. The van der Waals surface area contributed by atoms with Gasteiger partial charge in [-0.2, -0.15) is 15.3 Å². The Morgan fingerprint density at radius 2 is 1.09 bits per heavy atom. The minimum absolute atomic E-state index is 0.100. The summed E-state index contributed by atoms with van der Waals surface area (Å²) >= 11 is 12.6. The number of halogens is 3. The maximum absolute atomic E-state index is 12.6. The molecular weight excluding hydrogens is 1020 g/mol. The molecular formula is C47H70Br2ClN13O5. The topological polar surface area (TPSA) is 210 Å². The minimum Gasteiger partial charge on any atom is -0.444 e. The Hall–Kier alpha value is -4.69. The molecule has 5 aliphatic heterocycles. The number of hydrogen-bond acceptors (Lipinski definition) is 11. The number of amides is 4. The Labute approximate surface area is 422 Å². The fourth-order valence-corrected chi connectivity index (χ4v) is 9.34. The highest BCUT2D eigenvalue weighted by atomic mass is 79.9. The maximum atomic E-state index is 12.6. The number of carbonyl (C=O) groups is 3. The predicted molar refractivity (Wildman–Crippen MR) is 275 cm³/mol. The van der Waals surface area contributed by atoms with Gasteiger partial charge in [-0.1, -0.05) is 49.5 Å². The fourth-order valence-electron chi connectivity index (χ4n) is 8.35. The number of ether oxygens (including phenoxy) is 2. The average Bonchev–Trinajstić information content (AvgIpc) is 4.16.